The lowest BCUT2D eigenvalue weighted by atomic mass is 10.1. The predicted molar refractivity (Wildman–Crippen MR) is 112 cm³/mol. The Morgan fingerprint density at radius 3 is 2.59 bits per heavy atom. The maximum absolute atomic E-state index is 13.3. The molecule has 148 valence electrons. The molecule has 0 aliphatic carbocycles. The van der Waals surface area contributed by atoms with Gasteiger partial charge in [-0.1, -0.05) is 30.3 Å². The van der Waals surface area contributed by atoms with Crippen molar-refractivity contribution in [3.05, 3.63) is 71.4 Å². The molecule has 1 aliphatic rings. The van der Waals surface area contributed by atoms with Crippen LogP contribution in [0.3, 0.4) is 0 Å². The van der Waals surface area contributed by atoms with E-state index in [0.29, 0.717) is 43.8 Å². The molecule has 0 atom stereocenters. The third kappa shape index (κ3) is 3.87. The van der Waals surface area contributed by atoms with E-state index in [1.54, 1.807) is 18.3 Å². The van der Waals surface area contributed by atoms with E-state index in [2.05, 4.69) is 16.0 Å². The number of pyridine rings is 1. The van der Waals surface area contributed by atoms with Gasteiger partial charge in [0.25, 0.3) is 0 Å². The van der Waals surface area contributed by atoms with Gasteiger partial charge in [0.1, 0.15) is 4.90 Å². The van der Waals surface area contributed by atoms with Crippen LogP contribution in [0.15, 0.2) is 59.6 Å². The fraction of sp³-hybridized carbons (Fsp3) is 0.273. The van der Waals surface area contributed by atoms with E-state index < -0.39 is 10.0 Å². The lowest BCUT2D eigenvalue weighted by Gasteiger charge is -2.34. The molecule has 7 heteroatoms. The summed E-state index contributed by atoms with van der Waals surface area (Å²) >= 11 is 0. The molecule has 0 bridgehead atoms. The van der Waals surface area contributed by atoms with Crippen LogP contribution in [0.1, 0.15) is 16.7 Å². The third-order valence-electron chi connectivity index (χ3n) is 5.29. The van der Waals surface area contributed by atoms with Gasteiger partial charge in [0.2, 0.25) is 10.0 Å². The highest BCUT2D eigenvalue weighted by atomic mass is 32.2. The van der Waals surface area contributed by atoms with Gasteiger partial charge in [-0.2, -0.15) is 9.57 Å². The van der Waals surface area contributed by atoms with E-state index in [1.807, 2.05) is 43.3 Å². The van der Waals surface area contributed by atoms with Gasteiger partial charge in [-0.05, 0) is 36.2 Å². The molecule has 0 spiro atoms. The number of hydrogen-bond acceptors (Lipinski definition) is 5. The van der Waals surface area contributed by atoms with Crippen molar-refractivity contribution in [1.29, 1.82) is 5.26 Å². The number of rotatable bonds is 4. The Morgan fingerprint density at radius 2 is 1.83 bits per heavy atom. The first kappa shape index (κ1) is 19.5. The fourth-order valence-electron chi connectivity index (χ4n) is 3.73. The van der Waals surface area contributed by atoms with Crippen molar-refractivity contribution in [2.24, 2.45) is 0 Å². The molecule has 3 aromatic rings. The molecule has 2 heterocycles. The van der Waals surface area contributed by atoms with E-state index in [-0.39, 0.29) is 4.90 Å². The standard InChI is InChI=1S/C22H22N4O2S/c1-17-13-18-7-4-8-21(22(18)24-15-17)29(27,28)26-11-9-25(10-12-26)16-20-6-3-2-5-19(20)14-23/h2-8,13,15H,9-12,16H2,1H3. The minimum Gasteiger partial charge on any atom is -0.296 e. The van der Waals surface area contributed by atoms with E-state index in [4.69, 9.17) is 0 Å². The Balaban J connectivity index is 1.52. The number of benzene rings is 2. The van der Waals surface area contributed by atoms with Gasteiger partial charge in [-0.15, -0.1) is 0 Å². The number of nitriles is 1. The monoisotopic (exact) mass is 406 g/mol. The smallest absolute Gasteiger partial charge is 0.245 e. The van der Waals surface area contributed by atoms with Crippen LogP contribution in [-0.4, -0.2) is 48.8 Å². The van der Waals surface area contributed by atoms with E-state index in [0.717, 1.165) is 16.5 Å². The number of hydrogen-bond donors (Lipinski definition) is 0. The van der Waals surface area contributed by atoms with Gasteiger partial charge < -0.3 is 0 Å². The van der Waals surface area contributed by atoms with Gasteiger partial charge in [-0.3, -0.25) is 9.88 Å². The number of nitrogens with zero attached hydrogens (tertiary/aromatic N) is 4. The number of sulfonamides is 1. The average molecular weight is 407 g/mol. The molecule has 1 fully saturated rings. The van der Waals surface area contributed by atoms with Gasteiger partial charge in [-0.25, -0.2) is 8.42 Å². The third-order valence-corrected chi connectivity index (χ3v) is 7.22. The van der Waals surface area contributed by atoms with Crippen LogP contribution in [-0.2, 0) is 16.6 Å². The number of aromatic nitrogens is 1. The Morgan fingerprint density at radius 1 is 1.07 bits per heavy atom. The Hall–Kier alpha value is -2.79. The molecule has 1 saturated heterocycles. The number of fused-ring (bicyclic) bond motifs is 1. The minimum atomic E-state index is -3.62. The molecular formula is C22H22N4O2S. The minimum absolute atomic E-state index is 0.262. The second-order valence-corrected chi connectivity index (χ2v) is 9.20. The Kier molecular flexibility index (Phi) is 5.33. The molecule has 0 unspecified atom stereocenters. The van der Waals surface area contributed by atoms with Gasteiger partial charge >= 0.3 is 0 Å². The summed E-state index contributed by atoms with van der Waals surface area (Å²) in [5.41, 5.74) is 3.15. The molecule has 2 aromatic carbocycles. The van der Waals surface area contributed by atoms with E-state index >= 15 is 0 Å². The van der Waals surface area contributed by atoms with E-state index in [1.165, 1.54) is 4.31 Å². The van der Waals surface area contributed by atoms with Crippen molar-refractivity contribution in [1.82, 2.24) is 14.2 Å². The summed E-state index contributed by atoms with van der Waals surface area (Å²) in [6.07, 6.45) is 1.70. The molecule has 4 rings (SSSR count). The SMILES string of the molecule is Cc1cnc2c(S(=O)(=O)N3CCN(Cc4ccccc4C#N)CC3)cccc2c1. The first-order chi connectivity index (χ1) is 14.0. The average Bonchev–Trinajstić information content (AvgIpc) is 2.74. The largest absolute Gasteiger partial charge is 0.296 e. The highest BCUT2D eigenvalue weighted by Crippen LogP contribution is 2.26. The second-order valence-electron chi connectivity index (χ2n) is 7.29. The molecular weight excluding hydrogens is 384 g/mol. The lowest BCUT2D eigenvalue weighted by Crippen LogP contribution is -2.48. The van der Waals surface area contributed by atoms with Gasteiger partial charge in [0.05, 0.1) is 17.1 Å². The van der Waals surface area contributed by atoms with Crippen LogP contribution in [0.4, 0.5) is 0 Å². The summed E-state index contributed by atoms with van der Waals surface area (Å²) in [4.78, 5) is 6.83. The van der Waals surface area contributed by atoms with Crippen LogP contribution in [0, 0.1) is 18.3 Å². The first-order valence-electron chi connectivity index (χ1n) is 9.55. The lowest BCUT2D eigenvalue weighted by molar-refractivity contribution is 0.181. The first-order valence-corrected chi connectivity index (χ1v) is 11.0. The summed E-state index contributed by atoms with van der Waals surface area (Å²) in [6, 6.07) is 17.0. The van der Waals surface area contributed by atoms with Crippen molar-refractivity contribution >= 4 is 20.9 Å². The summed E-state index contributed by atoms with van der Waals surface area (Å²) < 4.78 is 28.1. The highest BCUT2D eigenvalue weighted by Gasteiger charge is 2.30. The zero-order valence-corrected chi connectivity index (χ0v) is 17.1. The van der Waals surface area contributed by atoms with Crippen molar-refractivity contribution in [2.75, 3.05) is 26.2 Å². The number of piperazine rings is 1. The summed E-state index contributed by atoms with van der Waals surface area (Å²) in [5.74, 6) is 0. The molecule has 0 saturated carbocycles. The highest BCUT2D eigenvalue weighted by molar-refractivity contribution is 7.89. The normalized spacial score (nSPS) is 16.0. The Bertz CT molecular complexity index is 1190. The van der Waals surface area contributed by atoms with Crippen molar-refractivity contribution in [3.63, 3.8) is 0 Å². The van der Waals surface area contributed by atoms with Gasteiger partial charge in [0.15, 0.2) is 0 Å². The second kappa shape index (κ2) is 7.91. The van der Waals surface area contributed by atoms with Crippen LogP contribution >= 0.6 is 0 Å². The van der Waals surface area contributed by atoms with Crippen molar-refractivity contribution in [3.8, 4) is 6.07 Å². The maximum Gasteiger partial charge on any atom is 0.245 e. The van der Waals surface area contributed by atoms with Crippen LogP contribution < -0.4 is 0 Å². The quantitative estimate of drug-likeness (QED) is 0.666. The van der Waals surface area contributed by atoms with Crippen molar-refractivity contribution < 1.29 is 8.42 Å². The van der Waals surface area contributed by atoms with Crippen LogP contribution in [0.25, 0.3) is 10.9 Å². The summed E-state index contributed by atoms with van der Waals surface area (Å²) in [5, 5.41) is 10.1. The van der Waals surface area contributed by atoms with E-state index in [9.17, 15) is 13.7 Å². The molecule has 29 heavy (non-hydrogen) atoms. The zero-order chi connectivity index (χ0) is 20.4. The molecule has 1 aromatic heterocycles. The topological polar surface area (TPSA) is 77.3 Å². The molecule has 0 radical (unpaired) electrons. The van der Waals surface area contributed by atoms with Crippen LogP contribution in [0.5, 0.6) is 0 Å². The zero-order valence-electron chi connectivity index (χ0n) is 16.2. The fourth-order valence-corrected chi connectivity index (χ4v) is 5.31. The number of aryl methyl sites for hydroxylation is 1. The summed E-state index contributed by atoms with van der Waals surface area (Å²) in [6.45, 7) is 4.66. The maximum atomic E-state index is 13.3. The molecule has 6 nitrogen and oxygen atoms in total. The molecule has 0 amide bonds. The molecule has 0 N–H and O–H groups in total. The number of para-hydroxylation sites is 1. The van der Waals surface area contributed by atoms with Crippen LogP contribution in [0.2, 0.25) is 0 Å². The molecule has 1 aliphatic heterocycles. The predicted octanol–water partition coefficient (Wildman–Crippen LogP) is 2.92. The van der Waals surface area contributed by atoms with Crippen molar-refractivity contribution in [2.45, 2.75) is 18.4 Å². The summed E-state index contributed by atoms with van der Waals surface area (Å²) in [7, 11) is -3.62. The Labute approximate surface area is 171 Å². The van der Waals surface area contributed by atoms with Gasteiger partial charge in [0, 0.05) is 44.3 Å².